The van der Waals surface area contributed by atoms with Crippen molar-refractivity contribution in [3.05, 3.63) is 12.3 Å². The molecule has 0 radical (unpaired) electrons. The molecule has 0 amide bonds. The molecule has 0 aromatic carbocycles. The molecule has 1 heterocycles. The largest absolute Gasteiger partial charge is 0.292 e. The Labute approximate surface area is 47.1 Å². The van der Waals surface area contributed by atoms with E-state index in [2.05, 4.69) is 9.76 Å². The van der Waals surface area contributed by atoms with Crippen molar-refractivity contribution < 1.29 is 13.0 Å². The number of hydrogen-bond acceptors (Lipinski definition) is 3. The fourth-order valence-electron chi connectivity index (χ4n) is 0.302. The molecular weight excluding hydrogens is 130 g/mol. The van der Waals surface area contributed by atoms with E-state index in [4.69, 9.17) is 4.55 Å². The average Bonchev–Trinajstić information content (AvgIpc) is 1.65. The van der Waals surface area contributed by atoms with E-state index in [1.54, 1.807) is 0 Å². The van der Waals surface area contributed by atoms with Crippen LogP contribution in [0.3, 0.4) is 0 Å². The average molecular weight is 135 g/mol. The topological polar surface area (TPSA) is 58.6 Å². The van der Waals surface area contributed by atoms with E-state index in [9.17, 15) is 4.21 Å². The Bertz CT molecular complexity index is 213. The van der Waals surface area contributed by atoms with Gasteiger partial charge in [0.1, 0.15) is 0 Å². The molecule has 0 saturated carbocycles. The van der Waals surface area contributed by atoms with Gasteiger partial charge in [-0.2, -0.15) is 4.28 Å². The highest BCUT2D eigenvalue weighted by Crippen LogP contribution is 1.88. The maximum Gasteiger partial charge on any atom is 0.223 e. The van der Waals surface area contributed by atoms with Crippen molar-refractivity contribution in [2.24, 2.45) is 0 Å². The van der Waals surface area contributed by atoms with Gasteiger partial charge in [0.2, 0.25) is 10.1 Å². The molecule has 1 rings (SSSR count). The zero-order valence-corrected chi connectivity index (χ0v) is 4.72. The van der Waals surface area contributed by atoms with Gasteiger partial charge in [-0.1, -0.05) is 0 Å². The van der Waals surface area contributed by atoms with Crippen LogP contribution in [0.1, 0.15) is 0 Å². The van der Waals surface area contributed by atoms with Crippen molar-refractivity contribution in [1.29, 1.82) is 0 Å². The summed E-state index contributed by atoms with van der Waals surface area (Å²) in [4.78, 5) is 0. The Morgan fingerprint density at radius 2 is 2.50 bits per heavy atom. The number of hydroxylamine groups is 1. The third kappa shape index (κ3) is 1.22. The molecule has 8 heavy (non-hydrogen) atoms. The first-order valence-electron chi connectivity index (χ1n) is 1.91. The van der Waals surface area contributed by atoms with Crippen LogP contribution in [0.5, 0.6) is 0 Å². The Morgan fingerprint density at radius 3 is 2.75 bits per heavy atom. The lowest BCUT2D eigenvalue weighted by Crippen LogP contribution is -2.18. The molecule has 0 aliphatic carbocycles. The van der Waals surface area contributed by atoms with Crippen molar-refractivity contribution in [2.75, 3.05) is 0 Å². The minimum Gasteiger partial charge on any atom is -0.292 e. The highest BCUT2D eigenvalue weighted by molar-refractivity contribution is 7.91. The van der Waals surface area contributed by atoms with Crippen LogP contribution in [0.25, 0.3) is 0 Å². The summed E-state index contributed by atoms with van der Waals surface area (Å²) in [5.41, 5.74) is 2.14. The first-order chi connectivity index (χ1) is 3.71. The second-order valence-electron chi connectivity index (χ2n) is 1.21. The molecular formula is C3H5NO3S. The minimum absolute atomic E-state index is 1.07. The smallest absolute Gasteiger partial charge is 0.223 e. The molecule has 0 saturated heterocycles. The number of allylic oxidation sites excluding steroid dienone is 1. The molecule has 0 bridgehead atoms. The summed E-state index contributed by atoms with van der Waals surface area (Å²) in [6.45, 7) is 0. The molecule has 2 N–H and O–H groups in total. The van der Waals surface area contributed by atoms with E-state index in [-0.39, 0.29) is 0 Å². The monoisotopic (exact) mass is 135 g/mol. The van der Waals surface area contributed by atoms with Crippen LogP contribution >= 0.6 is 0 Å². The molecule has 1 aliphatic heterocycles. The van der Waals surface area contributed by atoms with Gasteiger partial charge in [-0.25, -0.2) is 4.21 Å². The van der Waals surface area contributed by atoms with Gasteiger partial charge in [0.15, 0.2) is 0 Å². The zero-order valence-electron chi connectivity index (χ0n) is 3.90. The standard InChI is InChI=1S/C3H5NO3S/c5-8(6)3-1-2-4-7-8/h1-4H,(H,5,6). The van der Waals surface area contributed by atoms with Crippen molar-refractivity contribution in [3.8, 4) is 0 Å². The van der Waals surface area contributed by atoms with Crippen molar-refractivity contribution in [2.45, 2.75) is 0 Å². The van der Waals surface area contributed by atoms with E-state index in [1.165, 1.54) is 12.3 Å². The van der Waals surface area contributed by atoms with E-state index >= 15 is 0 Å². The van der Waals surface area contributed by atoms with E-state index in [0.29, 0.717) is 0 Å². The van der Waals surface area contributed by atoms with Gasteiger partial charge in [0, 0.05) is 11.6 Å². The van der Waals surface area contributed by atoms with Crippen LogP contribution in [0.2, 0.25) is 0 Å². The third-order valence-corrected chi connectivity index (χ3v) is 1.42. The summed E-state index contributed by atoms with van der Waals surface area (Å²) in [5.74, 6) is 0. The van der Waals surface area contributed by atoms with Gasteiger partial charge in [0.05, 0.1) is 0 Å². The first-order valence-corrected chi connectivity index (χ1v) is 3.41. The lowest BCUT2D eigenvalue weighted by Gasteiger charge is -2.04. The van der Waals surface area contributed by atoms with Gasteiger partial charge in [0.25, 0.3) is 0 Å². The van der Waals surface area contributed by atoms with E-state index in [0.717, 1.165) is 5.37 Å². The number of rotatable bonds is 0. The fraction of sp³-hybridized carbons (Fsp3) is 0. The molecule has 1 unspecified atom stereocenters. The van der Waals surface area contributed by atoms with Gasteiger partial charge in [-0.15, -0.1) is 0 Å². The molecule has 1 aliphatic rings. The van der Waals surface area contributed by atoms with E-state index in [1.807, 2.05) is 0 Å². The molecule has 1 atom stereocenters. The maximum absolute atomic E-state index is 10.4. The van der Waals surface area contributed by atoms with Crippen LogP contribution in [0.15, 0.2) is 12.3 Å². The molecule has 5 heteroatoms. The minimum atomic E-state index is -3.16. The Kier molecular flexibility index (Phi) is 1.24. The SMILES string of the molecule is O=S1(O)=CC=CNO1. The maximum atomic E-state index is 10.4. The summed E-state index contributed by atoms with van der Waals surface area (Å²) in [7, 11) is -3.16. The van der Waals surface area contributed by atoms with Gasteiger partial charge in [-0.3, -0.25) is 10.0 Å². The Morgan fingerprint density at radius 1 is 1.75 bits per heavy atom. The first kappa shape index (κ1) is 5.61. The molecule has 0 aromatic rings. The van der Waals surface area contributed by atoms with Crippen molar-refractivity contribution in [1.82, 2.24) is 5.48 Å². The number of hydrogen-bond donors (Lipinski definition) is 2. The van der Waals surface area contributed by atoms with E-state index < -0.39 is 10.1 Å². The highest BCUT2D eigenvalue weighted by atomic mass is 32.2. The summed E-state index contributed by atoms with van der Waals surface area (Å²) in [5, 5.41) is 1.07. The molecule has 46 valence electrons. The van der Waals surface area contributed by atoms with Crippen LogP contribution in [0.4, 0.5) is 0 Å². The predicted octanol–water partition coefficient (Wildman–Crippen LogP) is -0.490. The zero-order chi connectivity index (χ0) is 6.04. The predicted molar refractivity (Wildman–Crippen MR) is 30.2 cm³/mol. The lowest BCUT2D eigenvalue weighted by atomic mass is 10.7. The molecule has 0 aromatic heterocycles. The van der Waals surface area contributed by atoms with Gasteiger partial charge >= 0.3 is 0 Å². The second kappa shape index (κ2) is 1.77. The number of nitrogens with one attached hydrogen (secondary N) is 1. The molecule has 0 spiro atoms. The Hall–Kier alpha value is -0.520. The second-order valence-corrected chi connectivity index (χ2v) is 2.68. The summed E-state index contributed by atoms with van der Waals surface area (Å²) >= 11 is 0. The van der Waals surface area contributed by atoms with Gasteiger partial charge in [-0.05, 0) is 6.08 Å². The highest BCUT2D eigenvalue weighted by Gasteiger charge is 2.00. The normalized spacial score (nSPS) is 35.6. The van der Waals surface area contributed by atoms with Crippen LogP contribution in [-0.2, 0) is 14.4 Å². The summed E-state index contributed by atoms with van der Waals surface area (Å²) in [6.07, 6.45) is 2.82. The van der Waals surface area contributed by atoms with Crippen molar-refractivity contribution >= 4 is 15.5 Å². The van der Waals surface area contributed by atoms with Crippen LogP contribution in [-0.4, -0.2) is 14.1 Å². The lowest BCUT2D eigenvalue weighted by molar-refractivity contribution is 0.237. The van der Waals surface area contributed by atoms with Crippen LogP contribution in [0, 0.1) is 0 Å². The van der Waals surface area contributed by atoms with Crippen LogP contribution < -0.4 is 5.48 Å². The third-order valence-electron chi connectivity index (χ3n) is 0.582. The summed E-state index contributed by atoms with van der Waals surface area (Å²) < 4.78 is 23.0. The Balaban J connectivity index is 2.96. The summed E-state index contributed by atoms with van der Waals surface area (Å²) in [6, 6.07) is 0. The fourth-order valence-corrected chi connectivity index (χ4v) is 0.828. The molecule has 4 nitrogen and oxygen atoms in total. The van der Waals surface area contributed by atoms with Crippen molar-refractivity contribution in [3.63, 3.8) is 0 Å². The van der Waals surface area contributed by atoms with Gasteiger partial charge < -0.3 is 0 Å². The quantitative estimate of drug-likeness (QED) is 0.440. The molecule has 0 fully saturated rings.